The summed E-state index contributed by atoms with van der Waals surface area (Å²) in [4.78, 5) is 12.1. The molecule has 0 bridgehead atoms. The standard InChI is InChI=1S/C19H18O4/c20-18(23-12-15-5-3-9-21-15)10-14-11-22-17-8-7-13-4-1-2-6-16(13)19(14)17/h1-2,4,6-8,11,15H,3,5,9-10,12H2. The van der Waals surface area contributed by atoms with Gasteiger partial charge in [0.1, 0.15) is 12.2 Å². The molecule has 1 aliphatic rings. The van der Waals surface area contributed by atoms with Crippen LogP contribution in [-0.4, -0.2) is 25.3 Å². The molecule has 118 valence electrons. The lowest BCUT2D eigenvalue weighted by Crippen LogP contribution is -2.18. The average molecular weight is 310 g/mol. The summed E-state index contributed by atoms with van der Waals surface area (Å²) >= 11 is 0. The van der Waals surface area contributed by atoms with Gasteiger partial charge in [-0.05, 0) is 29.7 Å². The summed E-state index contributed by atoms with van der Waals surface area (Å²) in [5.74, 6) is -0.240. The number of ether oxygens (including phenoxy) is 2. The first-order chi connectivity index (χ1) is 11.3. The molecule has 1 fully saturated rings. The van der Waals surface area contributed by atoms with Gasteiger partial charge in [0, 0.05) is 17.6 Å². The van der Waals surface area contributed by atoms with Crippen molar-refractivity contribution in [2.75, 3.05) is 13.2 Å². The molecule has 0 radical (unpaired) electrons. The Hall–Kier alpha value is -2.33. The lowest BCUT2D eigenvalue weighted by atomic mass is 10.0. The first kappa shape index (κ1) is 14.3. The van der Waals surface area contributed by atoms with Crippen LogP contribution in [0.25, 0.3) is 21.7 Å². The van der Waals surface area contributed by atoms with E-state index in [1.807, 2.05) is 30.3 Å². The highest BCUT2D eigenvalue weighted by Gasteiger charge is 2.19. The third-order valence-electron chi connectivity index (χ3n) is 4.33. The van der Waals surface area contributed by atoms with E-state index in [2.05, 4.69) is 6.07 Å². The van der Waals surface area contributed by atoms with Crippen LogP contribution in [0.3, 0.4) is 0 Å². The molecule has 1 aromatic heterocycles. The van der Waals surface area contributed by atoms with Crippen molar-refractivity contribution in [3.63, 3.8) is 0 Å². The second kappa shape index (κ2) is 6.05. The number of furan rings is 1. The minimum Gasteiger partial charge on any atom is -0.464 e. The van der Waals surface area contributed by atoms with E-state index in [1.54, 1.807) is 6.26 Å². The van der Waals surface area contributed by atoms with Crippen molar-refractivity contribution in [2.24, 2.45) is 0 Å². The number of esters is 1. The normalized spacial score (nSPS) is 17.8. The predicted octanol–water partition coefficient (Wildman–Crippen LogP) is 3.85. The highest BCUT2D eigenvalue weighted by atomic mass is 16.6. The van der Waals surface area contributed by atoms with E-state index in [1.165, 1.54) is 0 Å². The number of rotatable bonds is 4. The molecule has 1 atom stereocenters. The van der Waals surface area contributed by atoms with Crippen molar-refractivity contribution in [3.05, 3.63) is 48.2 Å². The van der Waals surface area contributed by atoms with Gasteiger partial charge in [-0.25, -0.2) is 0 Å². The summed E-state index contributed by atoms with van der Waals surface area (Å²) in [5, 5.41) is 3.23. The van der Waals surface area contributed by atoms with Gasteiger partial charge in [0.2, 0.25) is 0 Å². The number of hydrogen-bond donors (Lipinski definition) is 0. The lowest BCUT2D eigenvalue weighted by Gasteiger charge is -2.10. The summed E-state index contributed by atoms with van der Waals surface area (Å²) in [5.41, 5.74) is 1.67. The SMILES string of the molecule is O=C(Cc1coc2ccc3ccccc3c12)OCC1CCCO1. The zero-order valence-electron chi connectivity index (χ0n) is 12.8. The van der Waals surface area contributed by atoms with Gasteiger partial charge in [0.25, 0.3) is 0 Å². The highest BCUT2D eigenvalue weighted by Crippen LogP contribution is 2.30. The van der Waals surface area contributed by atoms with Crippen LogP contribution in [0.2, 0.25) is 0 Å². The van der Waals surface area contributed by atoms with Crippen molar-refractivity contribution in [3.8, 4) is 0 Å². The molecule has 0 saturated carbocycles. The van der Waals surface area contributed by atoms with E-state index >= 15 is 0 Å². The molecule has 0 N–H and O–H groups in total. The molecule has 0 aliphatic carbocycles. The summed E-state index contributed by atoms with van der Waals surface area (Å²) < 4.78 is 16.4. The first-order valence-electron chi connectivity index (χ1n) is 7.96. The topological polar surface area (TPSA) is 48.7 Å². The number of benzene rings is 2. The van der Waals surface area contributed by atoms with E-state index in [9.17, 15) is 4.79 Å². The van der Waals surface area contributed by atoms with E-state index in [-0.39, 0.29) is 18.5 Å². The van der Waals surface area contributed by atoms with Crippen molar-refractivity contribution in [2.45, 2.75) is 25.4 Å². The highest BCUT2D eigenvalue weighted by molar-refractivity contribution is 6.08. The van der Waals surface area contributed by atoms with Crippen LogP contribution in [0.5, 0.6) is 0 Å². The Morgan fingerprint density at radius 2 is 2.13 bits per heavy atom. The van der Waals surface area contributed by atoms with Crippen LogP contribution in [0.15, 0.2) is 47.1 Å². The third kappa shape index (κ3) is 2.82. The molecule has 3 aromatic rings. The minimum absolute atomic E-state index is 0.0564. The quantitative estimate of drug-likeness (QED) is 0.687. The fourth-order valence-electron chi connectivity index (χ4n) is 3.17. The Morgan fingerprint density at radius 1 is 1.22 bits per heavy atom. The fraction of sp³-hybridized carbons (Fsp3) is 0.316. The van der Waals surface area contributed by atoms with Gasteiger partial charge in [-0.2, -0.15) is 0 Å². The lowest BCUT2D eigenvalue weighted by molar-refractivity contribution is -0.146. The van der Waals surface area contributed by atoms with Crippen LogP contribution in [-0.2, 0) is 20.7 Å². The maximum absolute atomic E-state index is 12.1. The van der Waals surface area contributed by atoms with Gasteiger partial charge in [-0.3, -0.25) is 4.79 Å². The molecule has 1 unspecified atom stereocenters. The maximum Gasteiger partial charge on any atom is 0.310 e. The molecule has 2 heterocycles. The van der Waals surface area contributed by atoms with Crippen LogP contribution in [0.1, 0.15) is 18.4 Å². The Labute approximate surface area is 134 Å². The van der Waals surface area contributed by atoms with E-state index < -0.39 is 0 Å². The smallest absolute Gasteiger partial charge is 0.310 e. The average Bonchev–Trinajstić information content (AvgIpc) is 3.23. The van der Waals surface area contributed by atoms with Crippen LogP contribution >= 0.6 is 0 Å². The molecular formula is C19H18O4. The van der Waals surface area contributed by atoms with E-state index in [0.717, 1.165) is 46.8 Å². The molecule has 4 nitrogen and oxygen atoms in total. The number of fused-ring (bicyclic) bond motifs is 3. The zero-order valence-corrected chi connectivity index (χ0v) is 12.8. The Morgan fingerprint density at radius 3 is 3.00 bits per heavy atom. The van der Waals surface area contributed by atoms with Crippen LogP contribution in [0.4, 0.5) is 0 Å². The van der Waals surface area contributed by atoms with Gasteiger partial charge in [-0.15, -0.1) is 0 Å². The van der Waals surface area contributed by atoms with Gasteiger partial charge in [-0.1, -0.05) is 30.3 Å². The zero-order chi connectivity index (χ0) is 15.6. The Kier molecular flexibility index (Phi) is 3.75. The Bertz CT molecular complexity index is 843. The fourth-order valence-corrected chi connectivity index (χ4v) is 3.17. The van der Waals surface area contributed by atoms with E-state index in [0.29, 0.717) is 6.61 Å². The van der Waals surface area contributed by atoms with Gasteiger partial charge in [0.05, 0.1) is 18.8 Å². The van der Waals surface area contributed by atoms with Gasteiger partial charge in [0.15, 0.2) is 0 Å². The molecule has 0 amide bonds. The van der Waals surface area contributed by atoms with Gasteiger partial charge < -0.3 is 13.9 Å². The molecule has 2 aromatic carbocycles. The third-order valence-corrected chi connectivity index (χ3v) is 4.33. The minimum atomic E-state index is -0.240. The van der Waals surface area contributed by atoms with Crippen molar-refractivity contribution >= 4 is 27.7 Å². The first-order valence-corrected chi connectivity index (χ1v) is 7.96. The summed E-state index contributed by atoms with van der Waals surface area (Å²) in [6.45, 7) is 1.11. The largest absolute Gasteiger partial charge is 0.464 e. The van der Waals surface area contributed by atoms with Crippen molar-refractivity contribution in [1.29, 1.82) is 0 Å². The summed E-state index contributed by atoms with van der Waals surface area (Å²) in [6, 6.07) is 12.1. The summed E-state index contributed by atoms with van der Waals surface area (Å²) in [7, 11) is 0. The van der Waals surface area contributed by atoms with Crippen molar-refractivity contribution in [1.82, 2.24) is 0 Å². The number of carbonyl (C=O) groups excluding carboxylic acids is 1. The number of hydrogen-bond acceptors (Lipinski definition) is 4. The molecule has 23 heavy (non-hydrogen) atoms. The molecule has 1 saturated heterocycles. The summed E-state index contributed by atoms with van der Waals surface area (Å²) in [6.07, 6.45) is 3.94. The molecule has 4 heteroatoms. The van der Waals surface area contributed by atoms with Crippen LogP contribution < -0.4 is 0 Å². The van der Waals surface area contributed by atoms with Crippen LogP contribution in [0, 0.1) is 0 Å². The predicted molar refractivity (Wildman–Crippen MR) is 87.4 cm³/mol. The second-order valence-corrected chi connectivity index (χ2v) is 5.92. The Balaban J connectivity index is 1.56. The molecule has 4 rings (SSSR count). The van der Waals surface area contributed by atoms with E-state index in [4.69, 9.17) is 13.9 Å². The second-order valence-electron chi connectivity index (χ2n) is 5.92. The molecule has 1 aliphatic heterocycles. The molecule has 0 spiro atoms. The molecular weight excluding hydrogens is 292 g/mol. The maximum atomic E-state index is 12.1. The van der Waals surface area contributed by atoms with Crippen molar-refractivity contribution < 1.29 is 18.7 Å². The monoisotopic (exact) mass is 310 g/mol. The number of carbonyl (C=O) groups is 1. The van der Waals surface area contributed by atoms with Gasteiger partial charge >= 0.3 is 5.97 Å².